The van der Waals surface area contributed by atoms with Gasteiger partial charge in [-0.1, -0.05) is 11.6 Å². The van der Waals surface area contributed by atoms with Gasteiger partial charge in [-0.15, -0.1) is 0 Å². The van der Waals surface area contributed by atoms with Crippen molar-refractivity contribution < 1.29 is 0 Å². The van der Waals surface area contributed by atoms with Crippen LogP contribution in [0.25, 0.3) is 0 Å². The molecular weight excluding hydrogens is 286 g/mol. The van der Waals surface area contributed by atoms with Crippen LogP contribution in [-0.2, 0) is 6.54 Å². The van der Waals surface area contributed by atoms with Crippen molar-refractivity contribution in [2.75, 3.05) is 0 Å². The molecule has 0 saturated carbocycles. The Morgan fingerprint density at radius 2 is 2.25 bits per heavy atom. The van der Waals surface area contributed by atoms with Crippen LogP contribution in [0.5, 0.6) is 0 Å². The highest BCUT2D eigenvalue weighted by atomic mass is 127. The number of benzene rings is 1. The summed E-state index contributed by atoms with van der Waals surface area (Å²) < 4.78 is 0.786. The second-order valence-corrected chi connectivity index (χ2v) is 3.74. The van der Waals surface area contributed by atoms with Crippen LogP contribution in [0.4, 0.5) is 0 Å². The summed E-state index contributed by atoms with van der Waals surface area (Å²) in [5, 5.41) is 9.30. The maximum absolute atomic E-state index is 8.71. The molecule has 0 aliphatic rings. The molecule has 12 heavy (non-hydrogen) atoms. The number of nitrogens with zero attached hydrogens (tertiary/aromatic N) is 1. The Hall–Kier alpha value is -0.310. The number of nitrogens with two attached hydrogens (primary N) is 1. The van der Waals surface area contributed by atoms with E-state index in [0.29, 0.717) is 17.1 Å². The standard InChI is InChI=1S/C8H6ClIN2/c9-7-2-5(3-11)1-6(4-12)8(7)10/h1-2H,3,11H2. The van der Waals surface area contributed by atoms with E-state index >= 15 is 0 Å². The van der Waals surface area contributed by atoms with Crippen molar-refractivity contribution in [2.24, 2.45) is 5.73 Å². The number of hydrogen-bond donors (Lipinski definition) is 1. The van der Waals surface area contributed by atoms with Gasteiger partial charge < -0.3 is 5.73 Å². The molecule has 0 aliphatic heterocycles. The molecule has 2 N–H and O–H groups in total. The van der Waals surface area contributed by atoms with E-state index in [2.05, 4.69) is 6.07 Å². The molecule has 0 saturated heterocycles. The molecule has 0 bridgehead atoms. The van der Waals surface area contributed by atoms with Crippen molar-refractivity contribution in [3.63, 3.8) is 0 Å². The molecule has 0 heterocycles. The van der Waals surface area contributed by atoms with Crippen molar-refractivity contribution in [1.82, 2.24) is 0 Å². The van der Waals surface area contributed by atoms with Gasteiger partial charge >= 0.3 is 0 Å². The highest BCUT2D eigenvalue weighted by molar-refractivity contribution is 14.1. The molecule has 62 valence electrons. The Kier molecular flexibility index (Phi) is 3.32. The summed E-state index contributed by atoms with van der Waals surface area (Å²) in [4.78, 5) is 0. The summed E-state index contributed by atoms with van der Waals surface area (Å²) >= 11 is 7.91. The Balaban J connectivity index is 3.31. The van der Waals surface area contributed by atoms with Gasteiger partial charge in [-0.2, -0.15) is 5.26 Å². The van der Waals surface area contributed by atoms with Gasteiger partial charge in [0, 0.05) is 10.1 Å². The Morgan fingerprint density at radius 1 is 1.58 bits per heavy atom. The third-order valence-corrected chi connectivity index (χ3v) is 3.22. The normalized spacial score (nSPS) is 9.50. The molecule has 0 atom stereocenters. The van der Waals surface area contributed by atoms with Crippen LogP contribution in [0, 0.1) is 14.9 Å². The topological polar surface area (TPSA) is 49.8 Å². The Morgan fingerprint density at radius 3 is 2.75 bits per heavy atom. The van der Waals surface area contributed by atoms with Crippen molar-refractivity contribution in [1.29, 1.82) is 5.26 Å². The quantitative estimate of drug-likeness (QED) is 0.807. The van der Waals surface area contributed by atoms with Gasteiger partial charge in [-0.25, -0.2) is 0 Å². The van der Waals surface area contributed by atoms with Gasteiger partial charge in [-0.05, 0) is 40.3 Å². The first kappa shape index (κ1) is 9.78. The average Bonchev–Trinajstić information content (AvgIpc) is 2.09. The van der Waals surface area contributed by atoms with E-state index in [0.717, 1.165) is 9.13 Å². The van der Waals surface area contributed by atoms with Crippen LogP contribution >= 0.6 is 34.2 Å². The van der Waals surface area contributed by atoms with Gasteiger partial charge in [0.15, 0.2) is 0 Å². The number of hydrogen-bond acceptors (Lipinski definition) is 2. The second-order valence-electron chi connectivity index (χ2n) is 2.26. The minimum Gasteiger partial charge on any atom is -0.326 e. The summed E-state index contributed by atoms with van der Waals surface area (Å²) in [5.41, 5.74) is 6.89. The molecule has 0 fully saturated rings. The van der Waals surface area contributed by atoms with Crippen molar-refractivity contribution in [2.45, 2.75) is 6.54 Å². The first-order valence-corrected chi connectivity index (χ1v) is 4.72. The zero-order valence-corrected chi connectivity index (χ0v) is 9.06. The first-order chi connectivity index (χ1) is 5.69. The predicted molar refractivity (Wildman–Crippen MR) is 56.8 cm³/mol. The van der Waals surface area contributed by atoms with Crippen LogP contribution < -0.4 is 5.73 Å². The Labute approximate surface area is 89.5 Å². The summed E-state index contributed by atoms with van der Waals surface area (Å²) in [7, 11) is 0. The van der Waals surface area contributed by atoms with E-state index < -0.39 is 0 Å². The molecule has 0 unspecified atom stereocenters. The molecule has 1 aromatic rings. The highest BCUT2D eigenvalue weighted by Crippen LogP contribution is 2.23. The lowest BCUT2D eigenvalue weighted by molar-refractivity contribution is 1.07. The highest BCUT2D eigenvalue weighted by Gasteiger charge is 2.05. The second kappa shape index (κ2) is 4.08. The summed E-state index contributed by atoms with van der Waals surface area (Å²) in [6, 6.07) is 5.60. The molecule has 0 aliphatic carbocycles. The SMILES string of the molecule is N#Cc1cc(CN)cc(Cl)c1I. The molecular formula is C8H6ClIN2. The summed E-state index contributed by atoms with van der Waals surface area (Å²) in [6.45, 7) is 0.408. The van der Waals surface area contributed by atoms with Crippen molar-refractivity contribution in [3.05, 3.63) is 31.9 Å². The molecule has 4 heteroatoms. The fourth-order valence-electron chi connectivity index (χ4n) is 0.844. The molecule has 0 amide bonds. The minimum atomic E-state index is 0.408. The van der Waals surface area contributed by atoms with Crippen LogP contribution in [0.1, 0.15) is 11.1 Å². The van der Waals surface area contributed by atoms with Crippen LogP contribution in [-0.4, -0.2) is 0 Å². The maximum atomic E-state index is 8.71. The lowest BCUT2D eigenvalue weighted by Gasteiger charge is -2.01. The van der Waals surface area contributed by atoms with E-state index in [9.17, 15) is 0 Å². The predicted octanol–water partition coefficient (Wildman–Crippen LogP) is 2.27. The monoisotopic (exact) mass is 292 g/mol. The summed E-state index contributed by atoms with van der Waals surface area (Å²) in [6.07, 6.45) is 0. The van der Waals surface area contributed by atoms with Crippen molar-refractivity contribution in [3.8, 4) is 6.07 Å². The van der Waals surface area contributed by atoms with Gasteiger partial charge in [0.2, 0.25) is 0 Å². The third kappa shape index (κ3) is 1.89. The number of nitriles is 1. The van der Waals surface area contributed by atoms with Gasteiger partial charge in [0.05, 0.1) is 10.6 Å². The fourth-order valence-corrected chi connectivity index (χ4v) is 1.52. The largest absolute Gasteiger partial charge is 0.326 e. The Bertz CT molecular complexity index is 344. The van der Waals surface area contributed by atoms with Gasteiger partial charge in [0.25, 0.3) is 0 Å². The van der Waals surface area contributed by atoms with Gasteiger partial charge in [-0.3, -0.25) is 0 Å². The maximum Gasteiger partial charge on any atom is 0.100 e. The third-order valence-electron chi connectivity index (χ3n) is 1.44. The lowest BCUT2D eigenvalue weighted by Crippen LogP contribution is -1.98. The lowest BCUT2D eigenvalue weighted by atomic mass is 10.1. The van der Waals surface area contributed by atoms with E-state index in [1.165, 1.54) is 0 Å². The number of halogens is 2. The van der Waals surface area contributed by atoms with E-state index in [4.69, 9.17) is 22.6 Å². The van der Waals surface area contributed by atoms with E-state index in [1.54, 1.807) is 12.1 Å². The van der Waals surface area contributed by atoms with Crippen molar-refractivity contribution >= 4 is 34.2 Å². The molecule has 1 rings (SSSR count). The molecule has 0 radical (unpaired) electrons. The van der Waals surface area contributed by atoms with Crippen LogP contribution in [0.2, 0.25) is 5.02 Å². The molecule has 1 aromatic carbocycles. The van der Waals surface area contributed by atoms with E-state index in [1.807, 2.05) is 22.6 Å². The molecule has 0 aromatic heterocycles. The number of rotatable bonds is 1. The zero-order chi connectivity index (χ0) is 9.14. The minimum absolute atomic E-state index is 0.408. The zero-order valence-electron chi connectivity index (χ0n) is 6.14. The van der Waals surface area contributed by atoms with Crippen LogP contribution in [0.3, 0.4) is 0 Å². The van der Waals surface area contributed by atoms with Crippen LogP contribution in [0.15, 0.2) is 12.1 Å². The first-order valence-electron chi connectivity index (χ1n) is 3.27. The fraction of sp³-hybridized carbons (Fsp3) is 0.125. The molecule has 2 nitrogen and oxygen atoms in total. The molecule has 0 spiro atoms. The average molecular weight is 293 g/mol. The smallest absolute Gasteiger partial charge is 0.100 e. The van der Waals surface area contributed by atoms with E-state index in [-0.39, 0.29) is 0 Å². The summed E-state index contributed by atoms with van der Waals surface area (Å²) in [5.74, 6) is 0. The van der Waals surface area contributed by atoms with Gasteiger partial charge in [0.1, 0.15) is 6.07 Å².